The predicted molar refractivity (Wildman–Crippen MR) is 89.4 cm³/mol. The zero-order valence-electron chi connectivity index (χ0n) is 13.5. The molecular weight excluding hydrogens is 256 g/mol. The van der Waals surface area contributed by atoms with E-state index in [-0.39, 0.29) is 5.54 Å². The van der Waals surface area contributed by atoms with E-state index in [4.69, 9.17) is 5.73 Å². The number of nitrogens with two attached hydrogens (primary N) is 1. The molecule has 1 fully saturated rings. The van der Waals surface area contributed by atoms with Crippen LogP contribution in [0.2, 0.25) is 0 Å². The molecule has 0 aromatic heterocycles. The van der Waals surface area contributed by atoms with Crippen molar-refractivity contribution in [2.24, 2.45) is 5.73 Å². The molecule has 2 heteroatoms. The van der Waals surface area contributed by atoms with E-state index in [1.54, 1.807) is 0 Å². The second-order valence-corrected chi connectivity index (χ2v) is 6.97. The summed E-state index contributed by atoms with van der Waals surface area (Å²) in [7, 11) is 0. The monoisotopic (exact) mass is 286 g/mol. The van der Waals surface area contributed by atoms with Crippen LogP contribution in [0.15, 0.2) is 24.3 Å². The van der Waals surface area contributed by atoms with Crippen molar-refractivity contribution in [3.8, 4) is 0 Å². The Labute approximate surface area is 129 Å². The molecule has 0 spiro atoms. The molecule has 116 valence electrons. The van der Waals surface area contributed by atoms with Gasteiger partial charge in [0, 0.05) is 6.04 Å². The maximum Gasteiger partial charge on any atom is 0.0573 e. The minimum atomic E-state index is -0.128. The van der Waals surface area contributed by atoms with E-state index in [0.717, 1.165) is 12.8 Å². The quantitative estimate of drug-likeness (QED) is 0.911. The largest absolute Gasteiger partial charge is 0.320 e. The summed E-state index contributed by atoms with van der Waals surface area (Å²) in [5, 5.41) is 0. The van der Waals surface area contributed by atoms with Crippen molar-refractivity contribution in [1.29, 1.82) is 0 Å². The third-order valence-electron chi connectivity index (χ3n) is 5.55. The zero-order chi connectivity index (χ0) is 14.7. The van der Waals surface area contributed by atoms with Gasteiger partial charge in [0.15, 0.2) is 0 Å². The van der Waals surface area contributed by atoms with E-state index in [1.807, 2.05) is 0 Å². The van der Waals surface area contributed by atoms with Crippen LogP contribution in [0.25, 0.3) is 0 Å². The fourth-order valence-electron chi connectivity index (χ4n) is 4.35. The zero-order valence-corrected chi connectivity index (χ0v) is 13.5. The minimum Gasteiger partial charge on any atom is -0.320 e. The first-order valence-electron chi connectivity index (χ1n) is 8.87. The SMILES string of the molecule is CCCCC1(N)c2ccccc2CC1N1CCCCCC1. The van der Waals surface area contributed by atoms with Crippen LogP contribution < -0.4 is 5.73 Å². The second kappa shape index (κ2) is 6.50. The van der Waals surface area contributed by atoms with Gasteiger partial charge < -0.3 is 5.73 Å². The highest BCUT2D eigenvalue weighted by atomic mass is 15.2. The molecule has 1 aliphatic carbocycles. The van der Waals surface area contributed by atoms with Crippen LogP contribution in [0.3, 0.4) is 0 Å². The minimum absolute atomic E-state index is 0.128. The van der Waals surface area contributed by atoms with Crippen LogP contribution in [-0.2, 0) is 12.0 Å². The van der Waals surface area contributed by atoms with E-state index in [1.165, 1.54) is 62.7 Å². The number of rotatable bonds is 4. The fourth-order valence-corrected chi connectivity index (χ4v) is 4.35. The Balaban J connectivity index is 1.88. The van der Waals surface area contributed by atoms with Gasteiger partial charge in [-0.1, -0.05) is 56.9 Å². The highest BCUT2D eigenvalue weighted by Gasteiger charge is 2.45. The fraction of sp³-hybridized carbons (Fsp3) is 0.684. The lowest BCUT2D eigenvalue weighted by Crippen LogP contribution is -2.54. The molecule has 0 bridgehead atoms. The molecule has 2 aliphatic rings. The van der Waals surface area contributed by atoms with Gasteiger partial charge in [-0.15, -0.1) is 0 Å². The number of likely N-dealkylation sites (tertiary alicyclic amines) is 1. The van der Waals surface area contributed by atoms with Gasteiger partial charge >= 0.3 is 0 Å². The Bertz CT molecular complexity index is 462. The summed E-state index contributed by atoms with van der Waals surface area (Å²) in [6.45, 7) is 4.75. The molecule has 2 nitrogen and oxygen atoms in total. The molecule has 3 rings (SSSR count). The molecule has 21 heavy (non-hydrogen) atoms. The Morgan fingerprint density at radius 1 is 1.14 bits per heavy atom. The second-order valence-electron chi connectivity index (χ2n) is 6.97. The molecule has 0 saturated carbocycles. The van der Waals surface area contributed by atoms with Crippen molar-refractivity contribution in [1.82, 2.24) is 4.90 Å². The van der Waals surface area contributed by atoms with Crippen molar-refractivity contribution >= 4 is 0 Å². The summed E-state index contributed by atoms with van der Waals surface area (Å²) in [5.74, 6) is 0. The Morgan fingerprint density at radius 3 is 2.57 bits per heavy atom. The van der Waals surface area contributed by atoms with Gasteiger partial charge in [-0.25, -0.2) is 0 Å². The molecule has 1 aliphatic heterocycles. The van der Waals surface area contributed by atoms with Crippen molar-refractivity contribution in [2.45, 2.75) is 69.9 Å². The standard InChI is InChI=1S/C19H30N2/c1-2-3-12-19(20)17-11-7-6-10-16(17)15-18(19)21-13-8-4-5-9-14-21/h6-7,10-11,18H,2-5,8-9,12-15,20H2,1H3. The van der Waals surface area contributed by atoms with Gasteiger partial charge in [0.1, 0.15) is 0 Å². The lowest BCUT2D eigenvalue weighted by atomic mass is 9.83. The average Bonchev–Trinajstić information content (AvgIpc) is 2.69. The Kier molecular flexibility index (Phi) is 4.66. The topological polar surface area (TPSA) is 29.3 Å². The van der Waals surface area contributed by atoms with Crippen LogP contribution in [0, 0.1) is 0 Å². The molecule has 0 radical (unpaired) electrons. The number of hydrogen-bond acceptors (Lipinski definition) is 2. The van der Waals surface area contributed by atoms with Crippen LogP contribution in [0.1, 0.15) is 63.0 Å². The molecule has 1 aromatic rings. The van der Waals surface area contributed by atoms with Crippen molar-refractivity contribution in [2.75, 3.05) is 13.1 Å². The average molecular weight is 286 g/mol. The van der Waals surface area contributed by atoms with E-state index >= 15 is 0 Å². The first-order chi connectivity index (χ1) is 10.3. The molecule has 1 heterocycles. The summed E-state index contributed by atoms with van der Waals surface area (Å²) in [6.07, 6.45) is 10.2. The summed E-state index contributed by atoms with van der Waals surface area (Å²) >= 11 is 0. The van der Waals surface area contributed by atoms with Gasteiger partial charge in [-0.05, 0) is 49.9 Å². The van der Waals surface area contributed by atoms with Crippen LogP contribution >= 0.6 is 0 Å². The van der Waals surface area contributed by atoms with Gasteiger partial charge in [-0.2, -0.15) is 0 Å². The molecule has 1 saturated heterocycles. The van der Waals surface area contributed by atoms with Gasteiger partial charge in [0.25, 0.3) is 0 Å². The molecule has 2 atom stereocenters. The molecular formula is C19H30N2. The first-order valence-corrected chi connectivity index (χ1v) is 8.87. The number of benzene rings is 1. The maximum atomic E-state index is 7.04. The number of fused-ring (bicyclic) bond motifs is 1. The van der Waals surface area contributed by atoms with Crippen molar-refractivity contribution in [3.05, 3.63) is 35.4 Å². The highest BCUT2D eigenvalue weighted by molar-refractivity contribution is 5.41. The number of hydrogen-bond donors (Lipinski definition) is 1. The van der Waals surface area contributed by atoms with Gasteiger partial charge in [-0.3, -0.25) is 4.90 Å². The third-order valence-corrected chi connectivity index (χ3v) is 5.55. The summed E-state index contributed by atoms with van der Waals surface area (Å²) in [5.41, 5.74) is 9.83. The Morgan fingerprint density at radius 2 is 1.86 bits per heavy atom. The molecule has 1 aromatic carbocycles. The first kappa shape index (κ1) is 15.1. The molecule has 0 amide bonds. The van der Waals surface area contributed by atoms with Crippen molar-refractivity contribution in [3.63, 3.8) is 0 Å². The molecule has 2 N–H and O–H groups in total. The summed E-state index contributed by atoms with van der Waals surface area (Å²) in [6, 6.07) is 9.42. The van der Waals surface area contributed by atoms with Crippen LogP contribution in [0.4, 0.5) is 0 Å². The maximum absolute atomic E-state index is 7.04. The van der Waals surface area contributed by atoms with Crippen LogP contribution in [-0.4, -0.2) is 24.0 Å². The van der Waals surface area contributed by atoms with E-state index in [2.05, 4.69) is 36.1 Å². The van der Waals surface area contributed by atoms with Gasteiger partial charge in [0.05, 0.1) is 5.54 Å². The summed E-state index contributed by atoms with van der Waals surface area (Å²) in [4.78, 5) is 2.71. The molecule has 2 unspecified atom stereocenters. The van der Waals surface area contributed by atoms with E-state index < -0.39 is 0 Å². The lowest BCUT2D eigenvalue weighted by Gasteiger charge is -2.40. The summed E-state index contributed by atoms with van der Waals surface area (Å²) < 4.78 is 0. The van der Waals surface area contributed by atoms with E-state index in [0.29, 0.717) is 6.04 Å². The van der Waals surface area contributed by atoms with Crippen LogP contribution in [0.5, 0.6) is 0 Å². The smallest absolute Gasteiger partial charge is 0.0573 e. The number of nitrogens with zero attached hydrogens (tertiary/aromatic N) is 1. The number of unbranched alkanes of at least 4 members (excludes halogenated alkanes) is 1. The van der Waals surface area contributed by atoms with Crippen molar-refractivity contribution < 1.29 is 0 Å². The third kappa shape index (κ3) is 2.89. The predicted octanol–water partition coefficient (Wildman–Crippen LogP) is 3.83. The normalized spacial score (nSPS) is 30.1. The van der Waals surface area contributed by atoms with Gasteiger partial charge in [0.2, 0.25) is 0 Å². The lowest BCUT2D eigenvalue weighted by molar-refractivity contribution is 0.126. The Hall–Kier alpha value is -0.860. The van der Waals surface area contributed by atoms with E-state index in [9.17, 15) is 0 Å². The highest BCUT2D eigenvalue weighted by Crippen LogP contribution is 2.41.